The van der Waals surface area contributed by atoms with E-state index in [1.165, 1.54) is 41.8 Å². The maximum Gasteiger partial charge on any atom is 0.146 e. The van der Waals surface area contributed by atoms with E-state index in [0.29, 0.717) is 6.61 Å². The molecule has 0 atom stereocenters. The second-order valence-corrected chi connectivity index (χ2v) is 15.5. The van der Waals surface area contributed by atoms with Gasteiger partial charge in [0.25, 0.3) is 0 Å². The van der Waals surface area contributed by atoms with Crippen LogP contribution in [0.4, 0.5) is 34.1 Å². The number of allylic oxidation sites excluding steroid dienone is 2. The second kappa shape index (κ2) is 31.0. The van der Waals surface area contributed by atoms with Gasteiger partial charge in [0, 0.05) is 102 Å². The van der Waals surface area contributed by atoms with Crippen molar-refractivity contribution in [2.45, 2.75) is 92.9 Å². The van der Waals surface area contributed by atoms with Gasteiger partial charge in [-0.05, 0) is 107 Å². The van der Waals surface area contributed by atoms with Crippen LogP contribution in [0.1, 0.15) is 104 Å². The molecular weight excluding hydrogens is 793 g/mol. The van der Waals surface area contributed by atoms with Gasteiger partial charge in [-0.1, -0.05) is 87.4 Å². The molecule has 1 heterocycles. The second-order valence-electron chi connectivity index (χ2n) is 15.5. The fourth-order valence-corrected chi connectivity index (χ4v) is 7.17. The van der Waals surface area contributed by atoms with Gasteiger partial charge < -0.3 is 29.9 Å². The van der Waals surface area contributed by atoms with Crippen LogP contribution >= 0.6 is 0 Å². The Labute approximate surface area is 387 Å². The lowest BCUT2D eigenvalue weighted by Gasteiger charge is -2.31. The Balaban J connectivity index is 0.000000328. The molecule has 0 saturated carbocycles. The Morgan fingerprint density at radius 2 is 1.22 bits per heavy atom. The molecule has 0 unspecified atom stereocenters. The van der Waals surface area contributed by atoms with E-state index in [0.717, 1.165) is 99.1 Å². The molecular formula is C54H80N8O2. The largest absolute Gasteiger partial charge is 0.491 e. The highest BCUT2D eigenvalue weighted by molar-refractivity contribution is 5.74. The van der Waals surface area contributed by atoms with Gasteiger partial charge in [0.1, 0.15) is 17.2 Å². The molecule has 4 aromatic carbocycles. The van der Waals surface area contributed by atoms with Gasteiger partial charge in [-0.3, -0.25) is 10.0 Å². The lowest BCUT2D eigenvalue weighted by Crippen LogP contribution is -2.30. The first kappa shape index (κ1) is 52.4. The number of anilines is 6. The Morgan fingerprint density at radius 1 is 0.656 bits per heavy atom. The molecule has 10 nitrogen and oxygen atoms in total. The van der Waals surface area contributed by atoms with Gasteiger partial charge >= 0.3 is 0 Å². The fraction of sp³-hybridized carbons (Fsp3) is 0.444. The van der Waals surface area contributed by atoms with Crippen molar-refractivity contribution in [3.63, 3.8) is 0 Å². The number of hydrazone groups is 2. The van der Waals surface area contributed by atoms with Gasteiger partial charge in [-0.15, -0.1) is 0 Å². The van der Waals surface area contributed by atoms with Crippen molar-refractivity contribution in [1.29, 1.82) is 0 Å². The van der Waals surface area contributed by atoms with Crippen molar-refractivity contribution < 1.29 is 9.47 Å². The number of benzene rings is 4. The third-order valence-corrected chi connectivity index (χ3v) is 10.8. The number of ether oxygens (including phenoxy) is 2. The molecule has 2 N–H and O–H groups in total. The van der Waals surface area contributed by atoms with E-state index in [4.69, 9.17) is 14.6 Å². The van der Waals surface area contributed by atoms with Crippen LogP contribution in [0.25, 0.3) is 12.2 Å². The number of nitrogens with one attached hydrogen (secondary N) is 2. The molecule has 0 spiro atoms. The highest BCUT2D eigenvalue weighted by atomic mass is 16.5. The van der Waals surface area contributed by atoms with Gasteiger partial charge in [0.15, 0.2) is 0 Å². The summed E-state index contributed by atoms with van der Waals surface area (Å²) in [7, 11) is 7.81. The van der Waals surface area contributed by atoms with Gasteiger partial charge in [-0.25, -0.2) is 0 Å². The van der Waals surface area contributed by atoms with Crippen LogP contribution in [0.15, 0.2) is 107 Å². The van der Waals surface area contributed by atoms with Gasteiger partial charge in [-0.2, -0.15) is 10.2 Å². The SMILES string of the molecule is C/C=C\c1ccccc1NC.C/C=N/N(C)c1ccc(N(CC)CC)cc1.CCCCOc1cc(N(C)/N=C/C/C=C\c2ccccc2NC)c(OCCCC)cc1N1CCCCC1. The number of unbranched alkanes of at least 4 members (excludes halogenated alkanes) is 2. The summed E-state index contributed by atoms with van der Waals surface area (Å²) in [4.78, 5) is 4.78. The summed E-state index contributed by atoms with van der Waals surface area (Å²) in [6.45, 7) is 18.3. The molecule has 5 rings (SSSR count). The van der Waals surface area contributed by atoms with Crippen LogP contribution in [-0.2, 0) is 0 Å². The first-order chi connectivity index (χ1) is 31.3. The van der Waals surface area contributed by atoms with Crippen LogP contribution in [0, 0.1) is 0 Å². The Morgan fingerprint density at radius 3 is 1.77 bits per heavy atom. The number of hydrogen-bond donors (Lipinski definition) is 2. The van der Waals surface area contributed by atoms with Crippen molar-refractivity contribution in [2.24, 2.45) is 10.2 Å². The number of rotatable bonds is 22. The Bertz CT molecular complexity index is 1980. The van der Waals surface area contributed by atoms with Crippen LogP contribution in [-0.4, -0.2) is 80.0 Å². The van der Waals surface area contributed by atoms with Crippen LogP contribution in [0.5, 0.6) is 11.5 Å². The van der Waals surface area contributed by atoms with Gasteiger partial charge in [0.05, 0.1) is 24.6 Å². The summed E-state index contributed by atoms with van der Waals surface area (Å²) in [6, 6.07) is 29.3. The molecule has 348 valence electrons. The predicted molar refractivity (Wildman–Crippen MR) is 283 cm³/mol. The molecule has 0 aromatic heterocycles. The zero-order valence-corrected chi connectivity index (χ0v) is 40.9. The van der Waals surface area contributed by atoms with Crippen molar-refractivity contribution in [1.82, 2.24) is 0 Å². The molecule has 64 heavy (non-hydrogen) atoms. The Kier molecular flexibility index (Phi) is 25.4. The number of nitrogens with zero attached hydrogens (tertiary/aromatic N) is 6. The highest BCUT2D eigenvalue weighted by Gasteiger charge is 2.21. The zero-order chi connectivity index (χ0) is 46.4. The van der Waals surface area contributed by atoms with Crippen LogP contribution in [0.2, 0.25) is 0 Å². The maximum absolute atomic E-state index is 6.32. The van der Waals surface area contributed by atoms with Gasteiger partial charge in [0.2, 0.25) is 0 Å². The lowest BCUT2D eigenvalue weighted by atomic mass is 10.1. The average molecular weight is 873 g/mol. The number of para-hydroxylation sites is 2. The first-order valence-corrected chi connectivity index (χ1v) is 23.6. The third-order valence-electron chi connectivity index (χ3n) is 10.8. The molecule has 1 fully saturated rings. The molecule has 1 aliphatic heterocycles. The van der Waals surface area contributed by atoms with Crippen molar-refractivity contribution >= 4 is 58.7 Å². The first-order valence-electron chi connectivity index (χ1n) is 23.6. The summed E-state index contributed by atoms with van der Waals surface area (Å²) in [5.41, 5.74) is 9.14. The number of hydrogen-bond acceptors (Lipinski definition) is 10. The molecule has 0 aliphatic carbocycles. The van der Waals surface area contributed by atoms with E-state index in [1.807, 2.05) is 82.5 Å². The normalized spacial score (nSPS) is 12.5. The minimum atomic E-state index is 0.699. The fourth-order valence-electron chi connectivity index (χ4n) is 7.17. The predicted octanol–water partition coefficient (Wildman–Crippen LogP) is 13.3. The minimum absolute atomic E-state index is 0.699. The van der Waals surface area contributed by atoms with E-state index in [2.05, 4.69) is 138 Å². The summed E-state index contributed by atoms with van der Waals surface area (Å²) in [5.74, 6) is 1.80. The van der Waals surface area contributed by atoms with Crippen molar-refractivity contribution in [3.8, 4) is 11.5 Å². The molecule has 0 radical (unpaired) electrons. The monoisotopic (exact) mass is 873 g/mol. The lowest BCUT2D eigenvalue weighted by molar-refractivity contribution is 0.301. The Hall–Kier alpha value is -5.90. The standard InChI is InChI=1S/C31H46N4O2.C13H21N3.C10H13N/c1-5-7-22-36-30-25-29(35-20-14-9-15-21-35)31(37-23-8-6-2)24-28(30)34(4)33-19-13-12-17-26-16-10-11-18-27(26)32-3;1-5-14-15(4)12-8-10-13(11-9-12)16(6-2)7-3;1-3-6-9-7-4-5-8-10(9)11-2/h10-12,16-19,24-25,32H,5-9,13-15,20-23H2,1-4H3;5,8-11H,6-7H2,1-4H3;3-8,11H,1-2H3/b17-12-,33-19+;14-5+;6-3-. The van der Waals surface area contributed by atoms with E-state index >= 15 is 0 Å². The quantitative estimate of drug-likeness (QED) is 0.0459. The van der Waals surface area contributed by atoms with Crippen LogP contribution < -0.4 is 39.9 Å². The summed E-state index contributed by atoms with van der Waals surface area (Å²) >= 11 is 0. The average Bonchev–Trinajstić information content (AvgIpc) is 3.33. The summed E-state index contributed by atoms with van der Waals surface area (Å²) in [6.07, 6.45) is 20.9. The topological polar surface area (TPSA) is 80.2 Å². The van der Waals surface area contributed by atoms with E-state index in [-0.39, 0.29) is 0 Å². The molecule has 0 amide bonds. The van der Waals surface area contributed by atoms with E-state index in [1.54, 1.807) is 6.21 Å². The van der Waals surface area contributed by atoms with E-state index < -0.39 is 0 Å². The number of piperidine rings is 1. The van der Waals surface area contributed by atoms with Crippen molar-refractivity contribution in [2.75, 3.05) is 98.0 Å². The molecule has 1 saturated heterocycles. The summed E-state index contributed by atoms with van der Waals surface area (Å²) in [5, 5.41) is 19.1. The molecule has 1 aliphatic rings. The molecule has 10 heteroatoms. The zero-order valence-electron chi connectivity index (χ0n) is 40.9. The highest BCUT2D eigenvalue weighted by Crippen LogP contribution is 2.41. The summed E-state index contributed by atoms with van der Waals surface area (Å²) < 4.78 is 12.6. The molecule has 4 aromatic rings. The smallest absolute Gasteiger partial charge is 0.146 e. The minimum Gasteiger partial charge on any atom is -0.491 e. The maximum atomic E-state index is 6.32. The van der Waals surface area contributed by atoms with Crippen LogP contribution in [0.3, 0.4) is 0 Å². The van der Waals surface area contributed by atoms with Crippen molar-refractivity contribution in [3.05, 3.63) is 108 Å². The molecule has 0 bridgehead atoms. The van der Waals surface area contributed by atoms with E-state index in [9.17, 15) is 0 Å². The third kappa shape index (κ3) is 17.7.